The number of nitrogens with zero attached hydrogens (tertiary/aromatic N) is 4. The summed E-state index contributed by atoms with van der Waals surface area (Å²) in [5.74, 6) is 0.448. The summed E-state index contributed by atoms with van der Waals surface area (Å²) in [6.45, 7) is 0. The minimum atomic E-state index is -0.182. The number of carbonyl (C=O) groups is 1. The normalized spacial score (nSPS) is 16.8. The zero-order valence-corrected chi connectivity index (χ0v) is 14.5. The van der Waals surface area contributed by atoms with Crippen molar-refractivity contribution in [3.63, 3.8) is 0 Å². The Morgan fingerprint density at radius 3 is 2.96 bits per heavy atom. The van der Waals surface area contributed by atoms with E-state index in [1.165, 1.54) is 11.3 Å². The second-order valence-electron chi connectivity index (χ2n) is 5.84. The number of fused-ring (bicyclic) bond motifs is 2. The van der Waals surface area contributed by atoms with E-state index in [2.05, 4.69) is 15.4 Å². The third-order valence-electron chi connectivity index (χ3n) is 4.41. The van der Waals surface area contributed by atoms with Crippen LogP contribution in [0.2, 0.25) is 5.15 Å². The zero-order valence-electron chi connectivity index (χ0n) is 12.9. The molecule has 0 unspecified atom stereocenters. The van der Waals surface area contributed by atoms with Crippen LogP contribution in [0.4, 0.5) is 5.82 Å². The van der Waals surface area contributed by atoms with Crippen LogP contribution in [0.1, 0.15) is 23.6 Å². The second kappa shape index (κ2) is 5.44. The molecular weight excluding hydrogens is 358 g/mol. The Labute approximate surface area is 151 Å². The molecule has 5 rings (SSSR count). The molecule has 6 nitrogen and oxygen atoms in total. The number of halogens is 1. The van der Waals surface area contributed by atoms with Gasteiger partial charge in [-0.25, -0.2) is 9.67 Å². The first kappa shape index (κ1) is 14.7. The van der Waals surface area contributed by atoms with Crippen molar-refractivity contribution in [1.82, 2.24) is 19.2 Å². The fourth-order valence-electron chi connectivity index (χ4n) is 3.32. The van der Waals surface area contributed by atoms with Crippen molar-refractivity contribution >= 4 is 39.6 Å². The molecule has 124 valence electrons. The van der Waals surface area contributed by atoms with Crippen molar-refractivity contribution in [1.29, 1.82) is 0 Å². The Morgan fingerprint density at radius 2 is 2.12 bits per heavy atom. The van der Waals surface area contributed by atoms with Gasteiger partial charge >= 0.3 is 0 Å². The van der Waals surface area contributed by atoms with E-state index in [1.807, 2.05) is 46.3 Å². The summed E-state index contributed by atoms with van der Waals surface area (Å²) < 4.78 is 3.71. The van der Waals surface area contributed by atoms with Crippen LogP contribution in [-0.4, -0.2) is 25.1 Å². The molecule has 0 saturated heterocycles. The number of para-hydroxylation sites is 1. The molecule has 0 bridgehead atoms. The third kappa shape index (κ3) is 2.20. The average Bonchev–Trinajstić information content (AvgIpc) is 3.29. The van der Waals surface area contributed by atoms with E-state index in [9.17, 15) is 4.79 Å². The predicted octanol–water partition coefficient (Wildman–Crippen LogP) is 3.71. The van der Waals surface area contributed by atoms with Crippen LogP contribution in [-0.2, 0) is 4.79 Å². The third-order valence-corrected chi connectivity index (χ3v) is 5.44. The molecule has 0 saturated carbocycles. The molecule has 1 aliphatic heterocycles. The number of hydrogen-bond donors (Lipinski definition) is 1. The molecule has 0 aliphatic carbocycles. The number of carbonyl (C=O) groups excluding carboxylic acids is 1. The highest BCUT2D eigenvalue weighted by atomic mass is 35.5. The van der Waals surface area contributed by atoms with E-state index in [-0.39, 0.29) is 11.8 Å². The fourth-order valence-corrected chi connectivity index (χ4v) is 4.39. The monoisotopic (exact) mass is 369 g/mol. The van der Waals surface area contributed by atoms with E-state index in [0.29, 0.717) is 17.4 Å². The molecule has 1 aliphatic rings. The number of imidazole rings is 1. The maximum absolute atomic E-state index is 12.4. The quantitative estimate of drug-likeness (QED) is 0.585. The van der Waals surface area contributed by atoms with Crippen molar-refractivity contribution in [2.45, 2.75) is 12.3 Å². The van der Waals surface area contributed by atoms with Crippen molar-refractivity contribution in [2.24, 2.45) is 0 Å². The van der Waals surface area contributed by atoms with E-state index >= 15 is 0 Å². The topological polar surface area (TPSA) is 64.2 Å². The van der Waals surface area contributed by atoms with E-state index in [0.717, 1.165) is 21.9 Å². The van der Waals surface area contributed by atoms with Gasteiger partial charge in [0.25, 0.3) is 0 Å². The lowest BCUT2D eigenvalue weighted by atomic mass is 9.91. The Hall–Kier alpha value is -2.64. The first-order valence-electron chi connectivity index (χ1n) is 7.76. The van der Waals surface area contributed by atoms with Crippen LogP contribution < -0.4 is 5.32 Å². The highest BCUT2D eigenvalue weighted by Crippen LogP contribution is 2.41. The van der Waals surface area contributed by atoms with Crippen LogP contribution in [0.25, 0.3) is 10.6 Å². The Kier molecular flexibility index (Phi) is 3.19. The number of hydrogen-bond acceptors (Lipinski definition) is 4. The highest BCUT2D eigenvalue weighted by molar-refractivity contribution is 7.15. The lowest BCUT2D eigenvalue weighted by Crippen LogP contribution is -2.25. The van der Waals surface area contributed by atoms with Gasteiger partial charge in [-0.3, -0.25) is 9.20 Å². The number of thiazole rings is 1. The molecule has 4 aromatic rings. The smallest absolute Gasteiger partial charge is 0.226 e. The lowest BCUT2D eigenvalue weighted by molar-refractivity contribution is -0.116. The number of aromatic nitrogens is 4. The van der Waals surface area contributed by atoms with Gasteiger partial charge in [-0.05, 0) is 12.1 Å². The van der Waals surface area contributed by atoms with E-state index < -0.39 is 0 Å². The number of benzene rings is 1. The van der Waals surface area contributed by atoms with Gasteiger partial charge in [0.05, 0.1) is 17.6 Å². The Morgan fingerprint density at radius 1 is 1.28 bits per heavy atom. The summed E-state index contributed by atoms with van der Waals surface area (Å²) in [5, 5.41) is 9.84. The second-order valence-corrected chi connectivity index (χ2v) is 7.08. The van der Waals surface area contributed by atoms with Crippen LogP contribution in [0, 0.1) is 0 Å². The molecule has 0 spiro atoms. The summed E-state index contributed by atoms with van der Waals surface area (Å²) in [7, 11) is 0. The average molecular weight is 370 g/mol. The maximum Gasteiger partial charge on any atom is 0.226 e. The van der Waals surface area contributed by atoms with Crippen molar-refractivity contribution < 1.29 is 4.79 Å². The molecule has 1 atom stereocenters. The van der Waals surface area contributed by atoms with Crippen LogP contribution in [0.5, 0.6) is 0 Å². The minimum absolute atomic E-state index is 0.0589. The number of nitrogens with one attached hydrogen (secondary N) is 1. The molecular formula is C17H12ClN5OS. The SMILES string of the molecule is O=C1C[C@H](c2c(Cl)nc3sccn23)c2cnn(-c3ccccc3)c2N1. The van der Waals surface area contributed by atoms with Crippen LogP contribution >= 0.6 is 22.9 Å². The van der Waals surface area contributed by atoms with Crippen LogP contribution in [0.3, 0.4) is 0 Å². The van der Waals surface area contributed by atoms with Gasteiger partial charge in [-0.1, -0.05) is 29.8 Å². The van der Waals surface area contributed by atoms with Crippen molar-refractivity contribution in [3.8, 4) is 5.69 Å². The fraction of sp³-hybridized carbons (Fsp3) is 0.118. The summed E-state index contributed by atoms with van der Waals surface area (Å²) in [5.41, 5.74) is 2.67. The molecule has 1 amide bonds. The first-order valence-corrected chi connectivity index (χ1v) is 9.02. The van der Waals surface area contributed by atoms with Gasteiger partial charge in [0.2, 0.25) is 5.91 Å². The summed E-state index contributed by atoms with van der Waals surface area (Å²) in [6.07, 6.45) is 4.05. The summed E-state index contributed by atoms with van der Waals surface area (Å²) in [6, 6.07) is 9.72. The van der Waals surface area contributed by atoms with Gasteiger partial charge in [0, 0.05) is 29.5 Å². The van der Waals surface area contributed by atoms with Gasteiger partial charge in [-0.2, -0.15) is 5.10 Å². The predicted molar refractivity (Wildman–Crippen MR) is 96.7 cm³/mol. The number of anilines is 1. The van der Waals surface area contributed by atoms with Crippen LogP contribution in [0.15, 0.2) is 48.1 Å². The van der Waals surface area contributed by atoms with Gasteiger partial charge in [-0.15, -0.1) is 11.3 Å². The summed E-state index contributed by atoms with van der Waals surface area (Å²) >= 11 is 7.91. The molecule has 4 heterocycles. The molecule has 0 radical (unpaired) electrons. The van der Waals surface area contributed by atoms with Crippen molar-refractivity contribution in [3.05, 3.63) is 64.5 Å². The van der Waals surface area contributed by atoms with Gasteiger partial charge in [0.1, 0.15) is 5.82 Å². The molecule has 1 aromatic carbocycles. The molecule has 3 aromatic heterocycles. The summed E-state index contributed by atoms with van der Waals surface area (Å²) in [4.78, 5) is 17.6. The standard InChI is InChI=1S/C17H12ClN5OS/c18-15-14(22-6-7-25-17(22)21-15)11-8-13(24)20-16-12(11)9-19-23(16)10-4-2-1-3-5-10/h1-7,9,11H,8H2,(H,20,24)/t11-/m0/s1. The molecule has 25 heavy (non-hydrogen) atoms. The number of amides is 1. The van der Waals surface area contributed by atoms with Gasteiger partial charge in [0.15, 0.2) is 10.1 Å². The maximum atomic E-state index is 12.4. The molecule has 8 heteroatoms. The zero-order chi connectivity index (χ0) is 17.0. The Bertz CT molecular complexity index is 1100. The van der Waals surface area contributed by atoms with E-state index in [4.69, 9.17) is 11.6 Å². The highest BCUT2D eigenvalue weighted by Gasteiger charge is 2.34. The molecule has 0 fully saturated rings. The number of rotatable bonds is 2. The molecule has 1 N–H and O–H groups in total. The minimum Gasteiger partial charge on any atom is -0.310 e. The first-order chi connectivity index (χ1) is 12.2. The Balaban J connectivity index is 1.70. The van der Waals surface area contributed by atoms with E-state index in [1.54, 1.807) is 10.9 Å². The van der Waals surface area contributed by atoms with Crippen molar-refractivity contribution in [2.75, 3.05) is 5.32 Å². The lowest BCUT2D eigenvalue weighted by Gasteiger charge is -2.23. The van der Waals surface area contributed by atoms with Gasteiger partial charge < -0.3 is 5.32 Å². The largest absolute Gasteiger partial charge is 0.310 e.